The Morgan fingerprint density at radius 2 is 1.76 bits per heavy atom. The molecule has 0 N–H and O–H groups in total. The number of anilines is 2. The van der Waals surface area contributed by atoms with Crippen LogP contribution < -0.4 is 9.80 Å². The molecule has 1 amide bonds. The molecule has 25 heavy (non-hydrogen) atoms. The van der Waals surface area contributed by atoms with Gasteiger partial charge in [-0.05, 0) is 43.2 Å². The molecule has 2 fully saturated rings. The first kappa shape index (κ1) is 16.1. The summed E-state index contributed by atoms with van der Waals surface area (Å²) in [6.07, 6.45) is 6.67. The Bertz CT molecular complexity index is 725. The summed E-state index contributed by atoms with van der Waals surface area (Å²) in [4.78, 5) is 25.3. The van der Waals surface area contributed by atoms with Crippen molar-refractivity contribution in [2.24, 2.45) is 0 Å². The highest BCUT2D eigenvalue weighted by atomic mass is 16.2. The lowest BCUT2D eigenvalue weighted by atomic mass is 9.90. The van der Waals surface area contributed by atoms with E-state index in [1.54, 1.807) is 6.20 Å². The summed E-state index contributed by atoms with van der Waals surface area (Å²) < 4.78 is 0. The molecule has 2 aliphatic heterocycles. The van der Waals surface area contributed by atoms with Crippen molar-refractivity contribution >= 4 is 17.7 Å². The lowest BCUT2D eigenvalue weighted by Gasteiger charge is -2.33. The number of hydrogen-bond acceptors (Lipinski definition) is 4. The van der Waals surface area contributed by atoms with Gasteiger partial charge in [0.25, 0.3) is 0 Å². The molecule has 2 saturated heterocycles. The van der Waals surface area contributed by atoms with Crippen LogP contribution in [0.5, 0.6) is 0 Å². The third-order valence-electron chi connectivity index (χ3n) is 5.28. The fraction of sp³-hybridized carbons (Fsp3) is 0.450. The molecule has 2 aliphatic rings. The van der Waals surface area contributed by atoms with E-state index in [0.29, 0.717) is 12.3 Å². The Morgan fingerprint density at radius 3 is 2.52 bits per heavy atom. The maximum absolute atomic E-state index is 12.1. The number of aromatic nitrogens is 2. The first-order valence-electron chi connectivity index (χ1n) is 9.24. The van der Waals surface area contributed by atoms with Gasteiger partial charge in [0.2, 0.25) is 11.9 Å². The second kappa shape index (κ2) is 7.21. The van der Waals surface area contributed by atoms with Crippen LogP contribution in [0.15, 0.2) is 42.6 Å². The Hall–Kier alpha value is -2.43. The Kier molecular flexibility index (Phi) is 4.63. The molecular formula is C20H24N4O. The average molecular weight is 336 g/mol. The van der Waals surface area contributed by atoms with Crippen LogP contribution >= 0.6 is 0 Å². The fourth-order valence-electron chi connectivity index (χ4n) is 3.83. The minimum absolute atomic E-state index is 0.179. The molecule has 0 spiro atoms. The highest BCUT2D eigenvalue weighted by molar-refractivity contribution is 5.93. The molecule has 130 valence electrons. The quantitative estimate of drug-likeness (QED) is 0.862. The van der Waals surface area contributed by atoms with Crippen molar-refractivity contribution < 1.29 is 4.79 Å². The SMILES string of the molecule is O=C1CCCCN1c1ccnc(N2CCC(c3ccccc3)CC2)n1. The van der Waals surface area contributed by atoms with E-state index in [9.17, 15) is 4.79 Å². The van der Waals surface area contributed by atoms with Gasteiger partial charge in [-0.3, -0.25) is 9.69 Å². The fourth-order valence-corrected chi connectivity index (χ4v) is 3.83. The molecule has 0 radical (unpaired) electrons. The number of benzene rings is 1. The van der Waals surface area contributed by atoms with Crippen LogP contribution in [0.25, 0.3) is 0 Å². The topological polar surface area (TPSA) is 49.3 Å². The summed E-state index contributed by atoms with van der Waals surface area (Å²) in [6, 6.07) is 12.6. The average Bonchev–Trinajstić information content (AvgIpc) is 2.69. The third-order valence-corrected chi connectivity index (χ3v) is 5.28. The van der Waals surface area contributed by atoms with E-state index in [-0.39, 0.29) is 5.91 Å². The first-order valence-corrected chi connectivity index (χ1v) is 9.24. The maximum Gasteiger partial charge on any atom is 0.228 e. The van der Waals surface area contributed by atoms with Crippen LogP contribution in [0.3, 0.4) is 0 Å². The summed E-state index contributed by atoms with van der Waals surface area (Å²) in [5.74, 6) is 2.30. The zero-order chi connectivity index (χ0) is 17.1. The van der Waals surface area contributed by atoms with E-state index in [4.69, 9.17) is 0 Å². The Morgan fingerprint density at radius 1 is 0.960 bits per heavy atom. The second-order valence-corrected chi connectivity index (χ2v) is 6.89. The van der Waals surface area contributed by atoms with Gasteiger partial charge in [0, 0.05) is 32.3 Å². The minimum atomic E-state index is 0.179. The van der Waals surface area contributed by atoms with Gasteiger partial charge in [-0.15, -0.1) is 0 Å². The molecule has 2 aromatic rings. The van der Waals surface area contributed by atoms with Crippen LogP contribution in [0.1, 0.15) is 43.6 Å². The van der Waals surface area contributed by atoms with Crippen molar-refractivity contribution in [1.29, 1.82) is 0 Å². The van der Waals surface area contributed by atoms with Crippen molar-refractivity contribution in [3.8, 4) is 0 Å². The number of amides is 1. The Labute approximate surface area is 148 Å². The van der Waals surface area contributed by atoms with Gasteiger partial charge in [0.1, 0.15) is 5.82 Å². The van der Waals surface area contributed by atoms with Gasteiger partial charge in [-0.25, -0.2) is 4.98 Å². The number of nitrogens with zero attached hydrogens (tertiary/aromatic N) is 4. The smallest absolute Gasteiger partial charge is 0.228 e. The van der Waals surface area contributed by atoms with E-state index < -0.39 is 0 Å². The monoisotopic (exact) mass is 336 g/mol. The van der Waals surface area contributed by atoms with E-state index in [2.05, 4.69) is 45.2 Å². The van der Waals surface area contributed by atoms with Crippen LogP contribution in [-0.4, -0.2) is 35.5 Å². The molecule has 4 rings (SSSR count). The predicted octanol–water partition coefficient (Wildman–Crippen LogP) is 3.38. The standard InChI is InChI=1S/C20H24N4O/c25-19-8-4-5-13-24(19)18-9-12-21-20(22-18)23-14-10-17(11-15-23)16-6-2-1-3-7-16/h1-3,6-7,9,12,17H,4-5,8,10-11,13-15H2. The molecule has 0 atom stereocenters. The van der Waals surface area contributed by atoms with Crippen molar-refractivity contribution in [3.63, 3.8) is 0 Å². The van der Waals surface area contributed by atoms with Gasteiger partial charge < -0.3 is 4.90 Å². The molecule has 0 unspecified atom stereocenters. The van der Waals surface area contributed by atoms with Gasteiger partial charge in [0.15, 0.2) is 0 Å². The van der Waals surface area contributed by atoms with Gasteiger partial charge in [-0.2, -0.15) is 4.98 Å². The molecule has 1 aromatic carbocycles. The summed E-state index contributed by atoms with van der Waals surface area (Å²) in [7, 11) is 0. The van der Waals surface area contributed by atoms with E-state index in [1.807, 2.05) is 11.0 Å². The van der Waals surface area contributed by atoms with Gasteiger partial charge in [0.05, 0.1) is 0 Å². The van der Waals surface area contributed by atoms with E-state index in [0.717, 1.165) is 57.1 Å². The molecule has 5 heteroatoms. The van der Waals surface area contributed by atoms with Crippen molar-refractivity contribution in [2.45, 2.75) is 38.0 Å². The lowest BCUT2D eigenvalue weighted by Crippen LogP contribution is -2.37. The first-order chi connectivity index (χ1) is 12.3. The minimum Gasteiger partial charge on any atom is -0.341 e. The Balaban J connectivity index is 1.45. The molecule has 0 bridgehead atoms. The zero-order valence-corrected chi connectivity index (χ0v) is 14.5. The molecule has 0 aliphatic carbocycles. The predicted molar refractivity (Wildman–Crippen MR) is 98.9 cm³/mol. The molecule has 5 nitrogen and oxygen atoms in total. The van der Waals surface area contributed by atoms with Crippen molar-refractivity contribution in [2.75, 3.05) is 29.4 Å². The van der Waals surface area contributed by atoms with Crippen LogP contribution in [0.4, 0.5) is 11.8 Å². The molecular weight excluding hydrogens is 312 g/mol. The third kappa shape index (κ3) is 3.50. The van der Waals surface area contributed by atoms with Crippen LogP contribution in [-0.2, 0) is 4.79 Å². The largest absolute Gasteiger partial charge is 0.341 e. The van der Waals surface area contributed by atoms with Crippen LogP contribution in [0, 0.1) is 0 Å². The number of rotatable bonds is 3. The molecule has 0 saturated carbocycles. The summed E-state index contributed by atoms with van der Waals surface area (Å²) in [5, 5.41) is 0. The summed E-state index contributed by atoms with van der Waals surface area (Å²) in [6.45, 7) is 2.68. The number of carbonyl (C=O) groups excluding carboxylic acids is 1. The highest BCUT2D eigenvalue weighted by Gasteiger charge is 2.24. The number of hydrogen-bond donors (Lipinski definition) is 0. The second-order valence-electron chi connectivity index (χ2n) is 6.89. The normalized spacial score (nSPS) is 19.3. The van der Waals surface area contributed by atoms with Crippen LogP contribution in [0.2, 0.25) is 0 Å². The molecule has 3 heterocycles. The highest BCUT2D eigenvalue weighted by Crippen LogP contribution is 2.29. The maximum atomic E-state index is 12.1. The van der Waals surface area contributed by atoms with Gasteiger partial charge in [-0.1, -0.05) is 30.3 Å². The van der Waals surface area contributed by atoms with E-state index in [1.165, 1.54) is 5.56 Å². The van der Waals surface area contributed by atoms with Crippen molar-refractivity contribution in [3.05, 3.63) is 48.2 Å². The zero-order valence-electron chi connectivity index (χ0n) is 14.5. The van der Waals surface area contributed by atoms with Gasteiger partial charge >= 0.3 is 0 Å². The molecule has 1 aromatic heterocycles. The number of carbonyl (C=O) groups is 1. The van der Waals surface area contributed by atoms with Crippen molar-refractivity contribution in [1.82, 2.24) is 9.97 Å². The lowest BCUT2D eigenvalue weighted by molar-refractivity contribution is -0.119. The van der Waals surface area contributed by atoms with E-state index >= 15 is 0 Å². The summed E-state index contributed by atoms with van der Waals surface area (Å²) in [5.41, 5.74) is 1.43. The number of piperidine rings is 2. The summed E-state index contributed by atoms with van der Waals surface area (Å²) >= 11 is 0.